The summed E-state index contributed by atoms with van der Waals surface area (Å²) < 4.78 is 0. The van der Waals surface area contributed by atoms with E-state index in [9.17, 15) is 29.8 Å². The lowest BCUT2D eigenvalue weighted by Crippen LogP contribution is -2.28. The van der Waals surface area contributed by atoms with Gasteiger partial charge in [-0.3, -0.25) is 20.2 Å². The number of carboxylic acid groups (broad SMARTS) is 2. The Morgan fingerprint density at radius 3 is 1.43 bits per heavy atom. The van der Waals surface area contributed by atoms with E-state index in [1.54, 1.807) is 0 Å². The minimum absolute atomic E-state index is 0.0325. The highest BCUT2D eigenvalue weighted by atomic mass is 33.1. The van der Waals surface area contributed by atoms with Gasteiger partial charge in [0.05, 0.1) is 19.6 Å². The van der Waals surface area contributed by atoms with Gasteiger partial charge in [-0.15, -0.1) is 0 Å². The molecule has 0 spiro atoms. The first kappa shape index (κ1) is 31.7. The van der Waals surface area contributed by atoms with E-state index >= 15 is 0 Å². The van der Waals surface area contributed by atoms with Gasteiger partial charge in [0.2, 0.25) is 0 Å². The summed E-state index contributed by atoms with van der Waals surface area (Å²) in [5, 5.41) is 47.0. The van der Waals surface area contributed by atoms with E-state index in [-0.39, 0.29) is 9.79 Å². The Balaban J connectivity index is 0.000000525. The van der Waals surface area contributed by atoms with E-state index in [4.69, 9.17) is 21.7 Å². The van der Waals surface area contributed by atoms with E-state index in [1.165, 1.54) is 24.3 Å². The van der Waals surface area contributed by atoms with Crippen LogP contribution in [-0.2, 0) is 0 Å². The van der Waals surface area contributed by atoms with Crippen LogP contribution in [0, 0.1) is 20.2 Å². The second kappa shape index (κ2) is 17.2. The molecule has 8 N–H and O–H groups in total. The van der Waals surface area contributed by atoms with Gasteiger partial charge in [0, 0.05) is 26.2 Å². The van der Waals surface area contributed by atoms with Crippen molar-refractivity contribution in [3.63, 3.8) is 0 Å². The number of nitro benzene ring substituents is 2. The minimum Gasteiger partial charge on any atom is -0.477 e. The summed E-state index contributed by atoms with van der Waals surface area (Å²) in [5.74, 6) is -2.97. The van der Waals surface area contributed by atoms with Crippen molar-refractivity contribution in [1.82, 2.24) is 10.6 Å². The standard InChI is InChI=1S/C14H8N2O8S2.C7H20N4/c17-13(18)7-3-1-5-9(11(7)15(21)22)25-26-10-6-2-4-8(14(19)20)12(10)16(23)24;8-2-6-10-4-1-5-11-7-3-9/h1-6H,(H,17,18)(H,19,20);10-11H,1-9H2. The summed E-state index contributed by atoms with van der Waals surface area (Å²) >= 11 is 0. The fraction of sp³-hybridized carbons (Fsp3) is 0.333. The Morgan fingerprint density at radius 2 is 1.14 bits per heavy atom. The molecule has 0 heterocycles. The predicted octanol–water partition coefficient (Wildman–Crippen LogP) is 2.17. The first-order valence-electron chi connectivity index (χ1n) is 10.8. The van der Waals surface area contributed by atoms with Gasteiger partial charge in [0.25, 0.3) is 11.4 Å². The summed E-state index contributed by atoms with van der Waals surface area (Å²) in [6.07, 6.45) is 1.14. The number of aromatic carboxylic acids is 2. The molecule has 0 aliphatic carbocycles. The average Bonchev–Trinajstić information content (AvgIpc) is 2.86. The molecule has 0 aliphatic heterocycles. The van der Waals surface area contributed by atoms with Crippen LogP contribution in [0.1, 0.15) is 27.1 Å². The molecule has 2 aromatic rings. The number of nitrogens with two attached hydrogens (primary N) is 2. The number of carbonyl (C=O) groups is 2. The summed E-state index contributed by atoms with van der Waals surface area (Å²) in [4.78, 5) is 42.9. The molecule has 37 heavy (non-hydrogen) atoms. The summed E-state index contributed by atoms with van der Waals surface area (Å²) in [7, 11) is 1.45. The number of carboxylic acids is 2. The van der Waals surface area contributed by atoms with Crippen LogP contribution in [0.2, 0.25) is 0 Å². The normalized spacial score (nSPS) is 10.3. The third kappa shape index (κ3) is 10.7. The van der Waals surface area contributed by atoms with E-state index in [1.807, 2.05) is 0 Å². The molecule has 0 saturated carbocycles. The van der Waals surface area contributed by atoms with E-state index < -0.39 is 44.3 Å². The number of para-hydroxylation sites is 2. The molecule has 0 fully saturated rings. The van der Waals surface area contributed by atoms with Crippen LogP contribution in [0.5, 0.6) is 0 Å². The number of benzene rings is 2. The van der Waals surface area contributed by atoms with Crippen LogP contribution < -0.4 is 22.1 Å². The largest absolute Gasteiger partial charge is 0.477 e. The third-order valence-electron chi connectivity index (χ3n) is 4.39. The van der Waals surface area contributed by atoms with Crippen molar-refractivity contribution < 1.29 is 29.6 Å². The highest BCUT2D eigenvalue weighted by molar-refractivity contribution is 8.76. The Hall–Kier alpha value is -3.28. The Kier molecular flexibility index (Phi) is 14.8. The van der Waals surface area contributed by atoms with Crippen molar-refractivity contribution >= 4 is 44.9 Å². The molecule has 0 amide bonds. The first-order chi connectivity index (χ1) is 17.6. The molecule has 0 aliphatic rings. The van der Waals surface area contributed by atoms with Crippen LogP contribution in [0.3, 0.4) is 0 Å². The van der Waals surface area contributed by atoms with Crippen LogP contribution in [0.15, 0.2) is 46.2 Å². The average molecular weight is 557 g/mol. The Labute approximate surface area is 219 Å². The molecule has 0 radical (unpaired) electrons. The predicted molar refractivity (Wildman–Crippen MR) is 140 cm³/mol. The highest BCUT2D eigenvalue weighted by Gasteiger charge is 2.28. The first-order valence-corrected chi connectivity index (χ1v) is 13.0. The van der Waals surface area contributed by atoms with Gasteiger partial charge in [0.15, 0.2) is 0 Å². The topological polar surface area (TPSA) is 237 Å². The summed E-state index contributed by atoms with van der Waals surface area (Å²) in [5.41, 5.74) is 8.27. The second-order valence-electron chi connectivity index (χ2n) is 7.03. The van der Waals surface area contributed by atoms with Gasteiger partial charge in [-0.2, -0.15) is 0 Å². The molecule has 16 heteroatoms. The van der Waals surface area contributed by atoms with Crippen molar-refractivity contribution in [2.75, 3.05) is 39.3 Å². The van der Waals surface area contributed by atoms with Crippen molar-refractivity contribution in [3.05, 3.63) is 67.8 Å². The van der Waals surface area contributed by atoms with E-state index in [2.05, 4.69) is 10.6 Å². The fourth-order valence-electron chi connectivity index (χ4n) is 2.78. The maximum Gasteiger partial charge on any atom is 0.342 e. The zero-order valence-corrected chi connectivity index (χ0v) is 21.3. The maximum atomic E-state index is 11.2. The van der Waals surface area contributed by atoms with Crippen LogP contribution in [0.25, 0.3) is 0 Å². The van der Waals surface area contributed by atoms with Gasteiger partial charge in [-0.25, -0.2) is 9.59 Å². The van der Waals surface area contributed by atoms with Gasteiger partial charge in [0.1, 0.15) is 11.1 Å². The van der Waals surface area contributed by atoms with Crippen molar-refractivity contribution in [1.29, 1.82) is 0 Å². The van der Waals surface area contributed by atoms with Crippen LogP contribution in [-0.4, -0.2) is 71.3 Å². The number of nitrogens with zero attached hydrogens (tertiary/aromatic N) is 2. The molecular weight excluding hydrogens is 528 g/mol. The number of rotatable bonds is 15. The SMILES string of the molecule is NCCNCCCNCCN.O=C(O)c1cccc(SSc2cccc(C(=O)O)c2[N+](=O)[O-])c1[N+](=O)[O-]. The van der Waals surface area contributed by atoms with E-state index in [0.29, 0.717) is 0 Å². The Bertz CT molecular complexity index is 1010. The summed E-state index contributed by atoms with van der Waals surface area (Å²) in [6, 6.07) is 7.36. The van der Waals surface area contributed by atoms with Gasteiger partial charge in [-0.1, -0.05) is 12.1 Å². The molecular formula is C21H28N6O8S2. The second-order valence-corrected chi connectivity index (χ2v) is 9.24. The number of hydrogen-bond acceptors (Lipinski definition) is 12. The van der Waals surface area contributed by atoms with Crippen LogP contribution in [0.4, 0.5) is 11.4 Å². The van der Waals surface area contributed by atoms with Crippen molar-refractivity contribution in [2.24, 2.45) is 11.5 Å². The third-order valence-corrected chi connectivity index (χ3v) is 6.82. The zero-order valence-electron chi connectivity index (χ0n) is 19.6. The molecule has 0 saturated heterocycles. The van der Waals surface area contributed by atoms with E-state index in [0.717, 1.165) is 79.4 Å². The quantitative estimate of drug-likeness (QED) is 0.0798. The highest BCUT2D eigenvalue weighted by Crippen LogP contribution is 2.46. The lowest BCUT2D eigenvalue weighted by molar-refractivity contribution is -0.388. The molecule has 14 nitrogen and oxygen atoms in total. The molecule has 2 rings (SSSR count). The fourth-order valence-corrected chi connectivity index (χ4v) is 5.10. The number of nitro groups is 2. The van der Waals surface area contributed by atoms with Crippen molar-refractivity contribution in [2.45, 2.75) is 16.2 Å². The smallest absolute Gasteiger partial charge is 0.342 e. The molecule has 202 valence electrons. The summed E-state index contributed by atoms with van der Waals surface area (Å²) in [6.45, 7) is 5.34. The van der Waals surface area contributed by atoms with Gasteiger partial charge < -0.3 is 32.3 Å². The lowest BCUT2D eigenvalue weighted by Gasteiger charge is -2.06. The Morgan fingerprint density at radius 1 is 0.757 bits per heavy atom. The van der Waals surface area contributed by atoms with Crippen LogP contribution >= 0.6 is 21.6 Å². The lowest BCUT2D eigenvalue weighted by atomic mass is 10.2. The monoisotopic (exact) mass is 556 g/mol. The van der Waals surface area contributed by atoms with Gasteiger partial charge >= 0.3 is 11.9 Å². The number of hydrogen-bond donors (Lipinski definition) is 6. The maximum absolute atomic E-state index is 11.2. The molecule has 0 unspecified atom stereocenters. The zero-order chi connectivity index (χ0) is 27.8. The minimum atomic E-state index is -1.48. The molecule has 0 bridgehead atoms. The number of nitrogens with one attached hydrogen (secondary N) is 2. The molecule has 0 atom stereocenters. The van der Waals surface area contributed by atoms with Gasteiger partial charge in [-0.05, 0) is 65.4 Å². The van der Waals surface area contributed by atoms with Crippen molar-refractivity contribution in [3.8, 4) is 0 Å². The molecule has 0 aromatic heterocycles. The molecule has 2 aromatic carbocycles.